The molecule has 2 N–H and O–H groups in total. The molecule has 114 valence electrons. The molecule has 0 aliphatic heterocycles. The lowest BCUT2D eigenvalue weighted by Gasteiger charge is -2.16. The summed E-state index contributed by atoms with van der Waals surface area (Å²) in [6.07, 6.45) is 4.01. The molecule has 1 fully saturated rings. The predicted molar refractivity (Wildman–Crippen MR) is 78.7 cm³/mol. The topological polar surface area (TPSA) is 79.5 Å². The molecule has 1 aliphatic rings. The van der Waals surface area contributed by atoms with E-state index in [9.17, 15) is 9.59 Å². The van der Waals surface area contributed by atoms with Gasteiger partial charge in [0.05, 0.1) is 0 Å². The zero-order valence-electron chi connectivity index (χ0n) is 12.5. The summed E-state index contributed by atoms with van der Waals surface area (Å²) >= 11 is 0. The molecule has 1 amide bonds. The van der Waals surface area contributed by atoms with Crippen molar-refractivity contribution in [3.8, 4) is 0 Å². The highest BCUT2D eigenvalue weighted by molar-refractivity contribution is 5.94. The maximum atomic E-state index is 11.7. The third-order valence-electron chi connectivity index (χ3n) is 3.75. The van der Waals surface area contributed by atoms with Crippen LogP contribution in [-0.4, -0.2) is 23.0 Å². The molecule has 1 aliphatic carbocycles. The van der Waals surface area contributed by atoms with Gasteiger partial charge in [0.25, 0.3) is 0 Å². The molecule has 1 heterocycles. The Labute approximate surface area is 124 Å². The molecule has 5 nitrogen and oxygen atoms in total. The molecule has 1 saturated carbocycles. The smallest absolute Gasteiger partial charge is 0.326 e. The Morgan fingerprint density at radius 3 is 2.62 bits per heavy atom. The number of hydrogen-bond donors (Lipinski definition) is 2. The summed E-state index contributed by atoms with van der Waals surface area (Å²) in [7, 11) is 0. The lowest BCUT2D eigenvalue weighted by molar-refractivity contribution is -0.142. The summed E-state index contributed by atoms with van der Waals surface area (Å²) in [5.74, 6) is 1.08. The zero-order valence-corrected chi connectivity index (χ0v) is 12.5. The Balaban J connectivity index is 1.92. The Bertz CT molecular complexity index is 558. The van der Waals surface area contributed by atoms with Crippen LogP contribution in [0.2, 0.25) is 0 Å². The number of carbonyl (C=O) groups is 2. The largest absolute Gasteiger partial charge is 0.480 e. The first-order valence-electron chi connectivity index (χ1n) is 7.19. The highest BCUT2D eigenvalue weighted by atomic mass is 16.4. The van der Waals surface area contributed by atoms with E-state index in [4.69, 9.17) is 9.52 Å². The second kappa shape index (κ2) is 6.16. The molecule has 1 aromatic rings. The van der Waals surface area contributed by atoms with Gasteiger partial charge in [-0.15, -0.1) is 0 Å². The number of furan rings is 1. The van der Waals surface area contributed by atoms with Crippen molar-refractivity contribution in [1.82, 2.24) is 5.32 Å². The van der Waals surface area contributed by atoms with Crippen LogP contribution in [0.25, 0.3) is 6.08 Å². The van der Waals surface area contributed by atoms with Gasteiger partial charge in [-0.1, -0.05) is 20.8 Å². The molecule has 0 spiro atoms. The minimum Gasteiger partial charge on any atom is -0.480 e. The van der Waals surface area contributed by atoms with E-state index in [2.05, 4.69) is 12.2 Å². The fourth-order valence-electron chi connectivity index (χ4n) is 2.25. The first kappa shape index (κ1) is 15.4. The summed E-state index contributed by atoms with van der Waals surface area (Å²) in [6, 6.07) is 2.86. The third-order valence-corrected chi connectivity index (χ3v) is 3.75. The van der Waals surface area contributed by atoms with Gasteiger partial charge in [0.2, 0.25) is 5.91 Å². The normalized spacial score (nSPS) is 22.5. The van der Waals surface area contributed by atoms with E-state index in [1.54, 1.807) is 19.9 Å². The van der Waals surface area contributed by atoms with E-state index < -0.39 is 17.9 Å². The molecule has 2 rings (SSSR count). The van der Waals surface area contributed by atoms with Crippen LogP contribution >= 0.6 is 0 Å². The number of carboxylic acids is 1. The standard InChI is InChI=1S/C16H21NO4/c1-9(2)15(16(19)20)17-14(18)7-5-11-4-6-13(21-11)12-8-10(12)3/h4-7,9-10,12,15H,8H2,1-3H3,(H,17,18)(H,19,20)/b7-5+/t10?,12?,15-/m0/s1. The Morgan fingerprint density at radius 1 is 1.43 bits per heavy atom. The first-order valence-corrected chi connectivity index (χ1v) is 7.19. The van der Waals surface area contributed by atoms with E-state index in [0.717, 1.165) is 12.2 Å². The van der Waals surface area contributed by atoms with Crippen molar-refractivity contribution < 1.29 is 19.1 Å². The van der Waals surface area contributed by atoms with Gasteiger partial charge in [-0.3, -0.25) is 4.79 Å². The molecule has 0 bridgehead atoms. The molecular formula is C16H21NO4. The van der Waals surface area contributed by atoms with Gasteiger partial charge in [-0.05, 0) is 36.5 Å². The molecule has 2 unspecified atom stereocenters. The summed E-state index contributed by atoms with van der Waals surface area (Å²) in [6.45, 7) is 5.67. The summed E-state index contributed by atoms with van der Waals surface area (Å²) in [5.41, 5.74) is 0. The van der Waals surface area contributed by atoms with E-state index in [0.29, 0.717) is 17.6 Å². The van der Waals surface area contributed by atoms with Gasteiger partial charge < -0.3 is 14.8 Å². The maximum absolute atomic E-state index is 11.7. The molecule has 1 aromatic heterocycles. The highest BCUT2D eigenvalue weighted by Gasteiger charge is 2.36. The fourth-order valence-corrected chi connectivity index (χ4v) is 2.25. The lowest BCUT2D eigenvalue weighted by atomic mass is 10.0. The van der Waals surface area contributed by atoms with Crippen molar-refractivity contribution in [1.29, 1.82) is 0 Å². The maximum Gasteiger partial charge on any atom is 0.326 e. The fraction of sp³-hybridized carbons (Fsp3) is 0.500. The lowest BCUT2D eigenvalue weighted by Crippen LogP contribution is -2.43. The average Bonchev–Trinajstić information content (AvgIpc) is 2.96. The van der Waals surface area contributed by atoms with Crippen LogP contribution in [0, 0.1) is 11.8 Å². The number of amides is 1. The highest BCUT2D eigenvalue weighted by Crippen LogP contribution is 2.47. The average molecular weight is 291 g/mol. The molecule has 0 saturated heterocycles. The van der Waals surface area contributed by atoms with E-state index in [-0.39, 0.29) is 5.92 Å². The van der Waals surface area contributed by atoms with Crippen molar-refractivity contribution in [2.24, 2.45) is 11.8 Å². The number of rotatable bonds is 6. The first-order chi connectivity index (χ1) is 9.88. The molecule has 0 radical (unpaired) electrons. The van der Waals surface area contributed by atoms with E-state index >= 15 is 0 Å². The van der Waals surface area contributed by atoms with Crippen molar-refractivity contribution in [2.45, 2.75) is 39.2 Å². The predicted octanol–water partition coefficient (Wildman–Crippen LogP) is 2.64. The summed E-state index contributed by atoms with van der Waals surface area (Å²) in [4.78, 5) is 22.7. The Kier molecular flexibility index (Phi) is 4.50. The Morgan fingerprint density at radius 2 is 2.10 bits per heavy atom. The monoisotopic (exact) mass is 291 g/mol. The number of hydrogen-bond acceptors (Lipinski definition) is 3. The van der Waals surface area contributed by atoms with Crippen molar-refractivity contribution in [3.05, 3.63) is 29.7 Å². The van der Waals surface area contributed by atoms with Crippen molar-refractivity contribution >= 4 is 18.0 Å². The zero-order chi connectivity index (χ0) is 15.6. The number of carbonyl (C=O) groups excluding carboxylic acids is 1. The van der Waals surface area contributed by atoms with Crippen LogP contribution in [0.5, 0.6) is 0 Å². The number of carboxylic acid groups (broad SMARTS) is 1. The van der Waals surface area contributed by atoms with E-state index in [1.165, 1.54) is 6.08 Å². The van der Waals surface area contributed by atoms with Crippen LogP contribution in [0.4, 0.5) is 0 Å². The summed E-state index contributed by atoms with van der Waals surface area (Å²) in [5, 5.41) is 11.5. The van der Waals surface area contributed by atoms with Crippen LogP contribution < -0.4 is 5.32 Å². The minimum absolute atomic E-state index is 0.175. The third kappa shape index (κ3) is 3.97. The second-order valence-electron chi connectivity index (χ2n) is 5.96. The molecule has 3 atom stereocenters. The van der Waals surface area contributed by atoms with Gasteiger partial charge >= 0.3 is 5.97 Å². The van der Waals surface area contributed by atoms with Crippen LogP contribution in [0.1, 0.15) is 44.6 Å². The summed E-state index contributed by atoms with van der Waals surface area (Å²) < 4.78 is 5.65. The van der Waals surface area contributed by atoms with Crippen molar-refractivity contribution in [3.63, 3.8) is 0 Å². The van der Waals surface area contributed by atoms with Gasteiger partial charge in [0.1, 0.15) is 17.6 Å². The number of nitrogens with one attached hydrogen (secondary N) is 1. The van der Waals surface area contributed by atoms with Gasteiger partial charge in [-0.25, -0.2) is 4.79 Å². The molecule has 0 aromatic carbocycles. The van der Waals surface area contributed by atoms with Gasteiger partial charge in [0, 0.05) is 12.0 Å². The molecular weight excluding hydrogens is 270 g/mol. The van der Waals surface area contributed by atoms with Crippen LogP contribution in [-0.2, 0) is 9.59 Å². The Hall–Kier alpha value is -2.04. The molecule has 5 heteroatoms. The van der Waals surface area contributed by atoms with Gasteiger partial charge in [0.15, 0.2) is 0 Å². The van der Waals surface area contributed by atoms with E-state index in [1.807, 2.05) is 12.1 Å². The van der Waals surface area contributed by atoms with Gasteiger partial charge in [-0.2, -0.15) is 0 Å². The quantitative estimate of drug-likeness (QED) is 0.790. The molecule has 21 heavy (non-hydrogen) atoms. The second-order valence-corrected chi connectivity index (χ2v) is 5.96. The van der Waals surface area contributed by atoms with Crippen molar-refractivity contribution in [2.75, 3.05) is 0 Å². The van der Waals surface area contributed by atoms with Crippen LogP contribution in [0.3, 0.4) is 0 Å². The number of aliphatic carboxylic acids is 1. The van der Waals surface area contributed by atoms with Crippen LogP contribution in [0.15, 0.2) is 22.6 Å². The minimum atomic E-state index is -1.03. The SMILES string of the molecule is CC1CC1c1ccc(/C=C/C(=O)N[C@H](C(=O)O)C(C)C)o1.